The molecule has 7 heteroatoms. The highest BCUT2D eigenvalue weighted by Crippen LogP contribution is 2.24. The lowest BCUT2D eigenvalue weighted by Gasteiger charge is -2.11. The Morgan fingerprint density at radius 1 is 0.963 bits per heavy atom. The molecule has 1 aromatic heterocycles. The third kappa shape index (κ3) is 4.31. The topological polar surface area (TPSA) is 77.5 Å². The van der Waals surface area contributed by atoms with Crippen LogP contribution in [0.2, 0.25) is 0 Å². The zero-order chi connectivity index (χ0) is 19.4. The van der Waals surface area contributed by atoms with E-state index in [2.05, 4.69) is 10.3 Å². The molecule has 0 spiro atoms. The fraction of sp³-hybridized carbons (Fsp3) is 0.250. The Morgan fingerprint density at radius 2 is 1.67 bits per heavy atom. The van der Waals surface area contributed by atoms with Crippen LogP contribution in [0.3, 0.4) is 0 Å². The maximum atomic E-state index is 12.0. The number of benzene rings is 2. The van der Waals surface area contributed by atoms with Gasteiger partial charge in [-0.1, -0.05) is 6.92 Å². The van der Waals surface area contributed by atoms with Crippen LogP contribution in [0.15, 0.2) is 53.4 Å². The average molecular weight is 386 g/mol. The summed E-state index contributed by atoms with van der Waals surface area (Å²) in [7, 11) is 0.00347. The summed E-state index contributed by atoms with van der Waals surface area (Å²) in [6, 6.07) is 14.4. The molecular weight excluding hydrogens is 364 g/mol. The molecule has 0 aliphatic heterocycles. The molecule has 0 saturated carbocycles. The van der Waals surface area contributed by atoms with Gasteiger partial charge < -0.3 is 14.8 Å². The summed E-state index contributed by atoms with van der Waals surface area (Å²) in [4.78, 5) is 4.88. The van der Waals surface area contributed by atoms with Crippen LogP contribution in [-0.4, -0.2) is 33.4 Å². The van der Waals surface area contributed by atoms with Crippen molar-refractivity contribution in [2.75, 3.05) is 25.3 Å². The largest absolute Gasteiger partial charge is 0.497 e. The second-order valence-electron chi connectivity index (χ2n) is 6.03. The molecule has 27 heavy (non-hydrogen) atoms. The number of methoxy groups -OCH3 is 2. The SMILES string of the molecule is CCS(=O)(=O)c1ccc2nc(NCc3cc(OC)cc(OC)c3)ccc2c1. The second kappa shape index (κ2) is 7.84. The molecule has 3 rings (SSSR count). The lowest BCUT2D eigenvalue weighted by molar-refractivity contribution is 0.393. The number of nitrogens with one attached hydrogen (secondary N) is 1. The molecule has 3 aromatic rings. The Kier molecular flexibility index (Phi) is 5.51. The summed E-state index contributed by atoms with van der Waals surface area (Å²) in [6.45, 7) is 2.19. The lowest BCUT2D eigenvalue weighted by Crippen LogP contribution is -2.04. The summed E-state index contributed by atoms with van der Waals surface area (Å²) in [6.07, 6.45) is 0. The number of hydrogen-bond acceptors (Lipinski definition) is 6. The van der Waals surface area contributed by atoms with Gasteiger partial charge in [0.1, 0.15) is 17.3 Å². The fourth-order valence-electron chi connectivity index (χ4n) is 2.72. The minimum absolute atomic E-state index is 0.0789. The van der Waals surface area contributed by atoms with Gasteiger partial charge >= 0.3 is 0 Å². The van der Waals surface area contributed by atoms with E-state index in [4.69, 9.17) is 9.47 Å². The molecule has 0 radical (unpaired) electrons. The van der Waals surface area contributed by atoms with Crippen LogP contribution in [0.25, 0.3) is 10.9 Å². The summed E-state index contributed by atoms with van der Waals surface area (Å²) in [5, 5.41) is 4.06. The number of hydrogen-bond donors (Lipinski definition) is 1. The van der Waals surface area contributed by atoms with E-state index < -0.39 is 9.84 Å². The molecule has 0 unspecified atom stereocenters. The number of ether oxygens (including phenoxy) is 2. The molecule has 0 atom stereocenters. The predicted molar refractivity (Wildman–Crippen MR) is 106 cm³/mol. The molecule has 0 fully saturated rings. The smallest absolute Gasteiger partial charge is 0.178 e. The molecular formula is C20H22N2O4S. The van der Waals surface area contributed by atoms with Crippen molar-refractivity contribution >= 4 is 26.6 Å². The number of fused-ring (bicyclic) bond motifs is 1. The van der Waals surface area contributed by atoms with Crippen molar-refractivity contribution in [3.63, 3.8) is 0 Å². The van der Waals surface area contributed by atoms with E-state index in [-0.39, 0.29) is 5.75 Å². The highest BCUT2D eigenvalue weighted by atomic mass is 32.2. The van der Waals surface area contributed by atoms with E-state index in [1.807, 2.05) is 30.3 Å². The number of pyridine rings is 1. The van der Waals surface area contributed by atoms with Gasteiger partial charge in [0.05, 0.1) is 30.4 Å². The zero-order valence-corrected chi connectivity index (χ0v) is 16.3. The van der Waals surface area contributed by atoms with Crippen molar-refractivity contribution in [2.24, 2.45) is 0 Å². The number of anilines is 1. The van der Waals surface area contributed by atoms with Crippen molar-refractivity contribution in [3.8, 4) is 11.5 Å². The van der Waals surface area contributed by atoms with Gasteiger partial charge in [0.15, 0.2) is 9.84 Å². The second-order valence-corrected chi connectivity index (χ2v) is 8.31. The van der Waals surface area contributed by atoms with Crippen molar-refractivity contribution < 1.29 is 17.9 Å². The summed E-state index contributed by atoms with van der Waals surface area (Å²) in [5.41, 5.74) is 1.73. The van der Waals surface area contributed by atoms with Gasteiger partial charge in [-0.3, -0.25) is 0 Å². The van der Waals surface area contributed by atoms with Crippen molar-refractivity contribution in [2.45, 2.75) is 18.4 Å². The normalized spacial score (nSPS) is 11.4. The number of nitrogens with zero attached hydrogens (tertiary/aromatic N) is 1. The van der Waals surface area contributed by atoms with E-state index in [0.717, 1.165) is 28.0 Å². The van der Waals surface area contributed by atoms with E-state index in [0.29, 0.717) is 17.3 Å². The minimum atomic E-state index is -3.23. The summed E-state index contributed by atoms with van der Waals surface area (Å²) >= 11 is 0. The number of aromatic nitrogens is 1. The Hall–Kier alpha value is -2.80. The van der Waals surface area contributed by atoms with Gasteiger partial charge in [-0.05, 0) is 48.0 Å². The van der Waals surface area contributed by atoms with Crippen LogP contribution in [0.5, 0.6) is 11.5 Å². The Bertz CT molecular complexity index is 1040. The van der Waals surface area contributed by atoms with Crippen LogP contribution in [0, 0.1) is 0 Å². The monoisotopic (exact) mass is 386 g/mol. The minimum Gasteiger partial charge on any atom is -0.497 e. The quantitative estimate of drug-likeness (QED) is 0.668. The molecule has 1 N–H and O–H groups in total. The van der Waals surface area contributed by atoms with Crippen LogP contribution >= 0.6 is 0 Å². The maximum Gasteiger partial charge on any atom is 0.178 e. The summed E-state index contributed by atoms with van der Waals surface area (Å²) < 4.78 is 34.6. The maximum absolute atomic E-state index is 12.0. The highest BCUT2D eigenvalue weighted by molar-refractivity contribution is 7.91. The molecule has 142 valence electrons. The first kappa shape index (κ1) is 19.0. The zero-order valence-electron chi connectivity index (χ0n) is 15.5. The Balaban J connectivity index is 1.81. The van der Waals surface area contributed by atoms with E-state index in [9.17, 15) is 8.42 Å². The summed E-state index contributed by atoms with van der Waals surface area (Å²) in [5.74, 6) is 2.23. The Labute approximate surface area is 159 Å². The fourth-order valence-corrected chi connectivity index (χ4v) is 3.64. The molecule has 0 saturated heterocycles. The third-order valence-corrected chi connectivity index (χ3v) is 6.02. The van der Waals surface area contributed by atoms with Crippen molar-refractivity contribution in [1.82, 2.24) is 4.98 Å². The van der Waals surface area contributed by atoms with Gasteiger partial charge in [-0.2, -0.15) is 0 Å². The highest BCUT2D eigenvalue weighted by Gasteiger charge is 2.12. The van der Waals surface area contributed by atoms with Crippen LogP contribution in [0.1, 0.15) is 12.5 Å². The Morgan fingerprint density at radius 3 is 2.30 bits per heavy atom. The molecule has 6 nitrogen and oxygen atoms in total. The van der Waals surface area contributed by atoms with Crippen LogP contribution in [-0.2, 0) is 16.4 Å². The first-order chi connectivity index (χ1) is 12.9. The number of sulfone groups is 1. The van der Waals surface area contributed by atoms with Gasteiger partial charge in [0.25, 0.3) is 0 Å². The van der Waals surface area contributed by atoms with Crippen LogP contribution < -0.4 is 14.8 Å². The van der Waals surface area contributed by atoms with E-state index in [1.165, 1.54) is 0 Å². The standard InChI is InChI=1S/C20H22N2O4S/c1-4-27(23,24)18-6-7-19-15(11-18)5-8-20(22-19)21-13-14-9-16(25-2)12-17(10-14)26-3/h5-12H,4,13H2,1-3H3,(H,21,22). The van der Waals surface area contributed by atoms with E-state index in [1.54, 1.807) is 39.3 Å². The molecule has 0 aliphatic rings. The van der Waals surface area contributed by atoms with Gasteiger partial charge in [0.2, 0.25) is 0 Å². The van der Waals surface area contributed by atoms with E-state index >= 15 is 0 Å². The molecule has 2 aromatic carbocycles. The number of rotatable bonds is 7. The molecule has 0 aliphatic carbocycles. The first-order valence-corrected chi connectivity index (χ1v) is 10.2. The molecule has 1 heterocycles. The molecule has 0 amide bonds. The van der Waals surface area contributed by atoms with Crippen molar-refractivity contribution in [1.29, 1.82) is 0 Å². The first-order valence-electron chi connectivity index (χ1n) is 8.54. The van der Waals surface area contributed by atoms with Crippen LogP contribution in [0.4, 0.5) is 5.82 Å². The third-order valence-electron chi connectivity index (χ3n) is 4.28. The van der Waals surface area contributed by atoms with Crippen molar-refractivity contribution in [3.05, 3.63) is 54.1 Å². The lowest BCUT2D eigenvalue weighted by atomic mass is 10.2. The van der Waals surface area contributed by atoms with Gasteiger partial charge in [-0.15, -0.1) is 0 Å². The van der Waals surface area contributed by atoms with Gasteiger partial charge in [-0.25, -0.2) is 13.4 Å². The molecule has 0 bridgehead atoms. The average Bonchev–Trinajstić information content (AvgIpc) is 2.71. The van der Waals surface area contributed by atoms with Gasteiger partial charge in [0, 0.05) is 18.0 Å². The predicted octanol–water partition coefficient (Wildman–Crippen LogP) is 3.66.